The van der Waals surface area contributed by atoms with Crippen molar-refractivity contribution >= 4 is 0 Å². The van der Waals surface area contributed by atoms with E-state index in [2.05, 4.69) is 40.9 Å². The lowest BCUT2D eigenvalue weighted by Crippen LogP contribution is -2.28. The van der Waals surface area contributed by atoms with Crippen LogP contribution in [0.3, 0.4) is 0 Å². The summed E-state index contributed by atoms with van der Waals surface area (Å²) >= 11 is 0. The fraction of sp³-hybridized carbons (Fsp3) is 0.818. The van der Waals surface area contributed by atoms with Gasteiger partial charge in [0.15, 0.2) is 0 Å². The highest BCUT2D eigenvalue weighted by atomic mass is 16.5. The molecule has 0 aliphatic carbocycles. The predicted octanol–water partition coefficient (Wildman–Crippen LogP) is 1.37. The third-order valence-corrected chi connectivity index (χ3v) is 2.57. The molecule has 1 aromatic rings. The Morgan fingerprint density at radius 3 is 2.81 bits per heavy atom. The largest absolute Gasteiger partial charge is 0.385 e. The molecule has 0 saturated carbocycles. The highest BCUT2D eigenvalue weighted by molar-refractivity contribution is 4.87. The number of nitrogens with one attached hydrogen (secondary N) is 1. The van der Waals surface area contributed by atoms with Gasteiger partial charge in [-0.2, -0.15) is 0 Å². The van der Waals surface area contributed by atoms with E-state index in [4.69, 9.17) is 4.74 Å². The molecule has 0 radical (unpaired) electrons. The average molecular weight is 226 g/mol. The van der Waals surface area contributed by atoms with Crippen molar-refractivity contribution in [2.45, 2.75) is 45.8 Å². The van der Waals surface area contributed by atoms with Crippen LogP contribution < -0.4 is 5.32 Å². The highest BCUT2D eigenvalue weighted by Gasteiger charge is 2.08. The van der Waals surface area contributed by atoms with Gasteiger partial charge >= 0.3 is 0 Å². The fourth-order valence-corrected chi connectivity index (χ4v) is 1.49. The molecule has 1 unspecified atom stereocenters. The van der Waals surface area contributed by atoms with Crippen molar-refractivity contribution in [2.75, 3.05) is 13.7 Å². The minimum Gasteiger partial charge on any atom is -0.385 e. The van der Waals surface area contributed by atoms with Crippen molar-refractivity contribution < 1.29 is 4.74 Å². The number of aromatic nitrogens is 3. The number of nitrogens with zero attached hydrogens (tertiary/aromatic N) is 3. The molecule has 5 heteroatoms. The zero-order chi connectivity index (χ0) is 12.0. The van der Waals surface area contributed by atoms with Crippen LogP contribution in [0.5, 0.6) is 0 Å². The molecule has 92 valence electrons. The average Bonchev–Trinajstić information content (AvgIpc) is 2.71. The van der Waals surface area contributed by atoms with Crippen molar-refractivity contribution in [1.29, 1.82) is 0 Å². The molecule has 5 nitrogen and oxygen atoms in total. The number of hydrogen-bond donors (Lipinski definition) is 1. The lowest BCUT2D eigenvalue weighted by Gasteiger charge is -2.14. The number of ether oxygens (including phenoxy) is 1. The Labute approximate surface area is 97.2 Å². The van der Waals surface area contributed by atoms with Gasteiger partial charge in [-0.1, -0.05) is 0 Å². The van der Waals surface area contributed by atoms with Crippen LogP contribution in [-0.4, -0.2) is 34.5 Å². The van der Waals surface area contributed by atoms with Gasteiger partial charge < -0.3 is 14.6 Å². The molecule has 0 aliphatic heterocycles. The second-order valence-electron chi connectivity index (χ2n) is 4.31. The standard InChI is InChI=1S/C11H22N4O/c1-9(2)15-8-13-14-11(15)7-12-10(3)5-6-16-4/h8-10,12H,5-7H2,1-4H3. The van der Waals surface area contributed by atoms with Gasteiger partial charge in [-0.3, -0.25) is 0 Å². The minimum atomic E-state index is 0.404. The molecular weight excluding hydrogens is 204 g/mol. The molecule has 0 aromatic carbocycles. The molecule has 1 heterocycles. The quantitative estimate of drug-likeness (QED) is 0.763. The van der Waals surface area contributed by atoms with Gasteiger partial charge in [0.05, 0.1) is 6.54 Å². The maximum atomic E-state index is 5.04. The maximum absolute atomic E-state index is 5.04. The number of rotatable bonds is 7. The Hall–Kier alpha value is -0.940. The number of hydrogen-bond acceptors (Lipinski definition) is 4. The number of methoxy groups -OCH3 is 1. The van der Waals surface area contributed by atoms with Gasteiger partial charge in [-0.15, -0.1) is 10.2 Å². The van der Waals surface area contributed by atoms with E-state index in [-0.39, 0.29) is 0 Å². The van der Waals surface area contributed by atoms with E-state index >= 15 is 0 Å². The van der Waals surface area contributed by atoms with E-state index in [1.54, 1.807) is 13.4 Å². The van der Waals surface area contributed by atoms with Crippen molar-refractivity contribution in [2.24, 2.45) is 0 Å². The normalized spacial score (nSPS) is 13.3. The zero-order valence-electron chi connectivity index (χ0n) is 10.6. The molecule has 1 rings (SSSR count). The SMILES string of the molecule is COCCC(C)NCc1nncn1C(C)C. The summed E-state index contributed by atoms with van der Waals surface area (Å²) in [5, 5.41) is 11.5. The van der Waals surface area contributed by atoms with Crippen LogP contribution >= 0.6 is 0 Å². The molecule has 0 saturated heterocycles. The molecular formula is C11H22N4O. The van der Waals surface area contributed by atoms with Gasteiger partial charge in [0, 0.05) is 25.8 Å². The van der Waals surface area contributed by atoms with E-state index in [0.29, 0.717) is 12.1 Å². The Bertz CT molecular complexity index is 298. The fourth-order valence-electron chi connectivity index (χ4n) is 1.49. The lowest BCUT2D eigenvalue weighted by atomic mass is 10.2. The molecule has 16 heavy (non-hydrogen) atoms. The van der Waals surface area contributed by atoms with Crippen LogP contribution in [0.25, 0.3) is 0 Å². The monoisotopic (exact) mass is 226 g/mol. The molecule has 1 N–H and O–H groups in total. The van der Waals surface area contributed by atoms with Crippen LogP contribution in [0.15, 0.2) is 6.33 Å². The van der Waals surface area contributed by atoms with Gasteiger partial charge in [0.25, 0.3) is 0 Å². The summed E-state index contributed by atoms with van der Waals surface area (Å²) in [5.74, 6) is 0.985. The first-order valence-corrected chi connectivity index (χ1v) is 5.75. The summed E-state index contributed by atoms with van der Waals surface area (Å²) < 4.78 is 7.12. The van der Waals surface area contributed by atoms with Crippen molar-refractivity contribution in [1.82, 2.24) is 20.1 Å². The van der Waals surface area contributed by atoms with Gasteiger partial charge in [-0.25, -0.2) is 0 Å². The Balaban J connectivity index is 2.39. The summed E-state index contributed by atoms with van der Waals surface area (Å²) in [6, 6.07) is 0.832. The summed E-state index contributed by atoms with van der Waals surface area (Å²) in [6.07, 6.45) is 2.79. The van der Waals surface area contributed by atoms with E-state index in [1.807, 2.05) is 0 Å². The maximum Gasteiger partial charge on any atom is 0.147 e. The summed E-state index contributed by atoms with van der Waals surface area (Å²) in [7, 11) is 1.72. The molecule has 0 bridgehead atoms. The van der Waals surface area contributed by atoms with E-state index in [0.717, 1.165) is 25.4 Å². The lowest BCUT2D eigenvalue weighted by molar-refractivity contribution is 0.184. The first-order chi connectivity index (χ1) is 7.65. The first kappa shape index (κ1) is 13.1. The van der Waals surface area contributed by atoms with E-state index in [9.17, 15) is 0 Å². The van der Waals surface area contributed by atoms with Crippen LogP contribution in [0.1, 0.15) is 39.1 Å². The molecule has 1 aromatic heterocycles. The second kappa shape index (κ2) is 6.60. The molecule has 0 fully saturated rings. The van der Waals surface area contributed by atoms with Crippen molar-refractivity contribution in [3.05, 3.63) is 12.2 Å². The van der Waals surface area contributed by atoms with Crippen molar-refractivity contribution in [3.63, 3.8) is 0 Å². The Morgan fingerprint density at radius 1 is 1.44 bits per heavy atom. The predicted molar refractivity (Wildman–Crippen MR) is 63.2 cm³/mol. The highest BCUT2D eigenvalue weighted by Crippen LogP contribution is 2.06. The van der Waals surface area contributed by atoms with E-state index in [1.165, 1.54) is 0 Å². The first-order valence-electron chi connectivity index (χ1n) is 5.75. The van der Waals surface area contributed by atoms with Crippen molar-refractivity contribution in [3.8, 4) is 0 Å². The van der Waals surface area contributed by atoms with Crippen LogP contribution in [-0.2, 0) is 11.3 Å². The van der Waals surface area contributed by atoms with Gasteiger partial charge in [0.1, 0.15) is 12.2 Å². The third kappa shape index (κ3) is 3.90. The van der Waals surface area contributed by atoms with Crippen LogP contribution in [0.2, 0.25) is 0 Å². The molecule has 0 amide bonds. The molecule has 0 spiro atoms. The van der Waals surface area contributed by atoms with Crippen LogP contribution in [0.4, 0.5) is 0 Å². The Kier molecular flexibility index (Phi) is 5.42. The third-order valence-electron chi connectivity index (χ3n) is 2.57. The summed E-state index contributed by atoms with van der Waals surface area (Å²) in [6.45, 7) is 7.94. The smallest absolute Gasteiger partial charge is 0.147 e. The Morgan fingerprint density at radius 2 is 2.19 bits per heavy atom. The zero-order valence-corrected chi connectivity index (χ0v) is 10.6. The topological polar surface area (TPSA) is 52.0 Å². The molecule has 0 aliphatic rings. The van der Waals surface area contributed by atoms with Gasteiger partial charge in [0.2, 0.25) is 0 Å². The summed E-state index contributed by atoms with van der Waals surface area (Å²) in [5.41, 5.74) is 0. The summed E-state index contributed by atoms with van der Waals surface area (Å²) in [4.78, 5) is 0. The molecule has 1 atom stereocenters. The minimum absolute atomic E-state index is 0.404. The van der Waals surface area contributed by atoms with E-state index < -0.39 is 0 Å². The second-order valence-corrected chi connectivity index (χ2v) is 4.31. The van der Waals surface area contributed by atoms with Crippen LogP contribution in [0, 0.1) is 0 Å². The van der Waals surface area contributed by atoms with Gasteiger partial charge in [-0.05, 0) is 27.2 Å².